The first-order chi connectivity index (χ1) is 9.90. The maximum atomic E-state index is 5.70. The van der Waals surface area contributed by atoms with Crippen molar-refractivity contribution in [2.24, 2.45) is 0 Å². The van der Waals surface area contributed by atoms with E-state index in [4.69, 9.17) is 9.47 Å². The molecule has 0 heterocycles. The SMILES string of the molecule is [c]1cc(Oc2ccccc2)ccc1Oc1ccccc1. The van der Waals surface area contributed by atoms with Gasteiger partial charge in [0.2, 0.25) is 0 Å². The smallest absolute Gasteiger partial charge is 0.135 e. The summed E-state index contributed by atoms with van der Waals surface area (Å²) in [5.41, 5.74) is 0. The maximum absolute atomic E-state index is 5.70. The second-order valence-electron chi connectivity index (χ2n) is 4.22. The Hall–Kier alpha value is -2.74. The van der Waals surface area contributed by atoms with Crippen molar-refractivity contribution < 1.29 is 9.47 Å². The van der Waals surface area contributed by atoms with E-state index in [1.165, 1.54) is 0 Å². The fraction of sp³-hybridized carbons (Fsp3) is 0. The lowest BCUT2D eigenvalue weighted by molar-refractivity contribution is 0.468. The summed E-state index contributed by atoms with van der Waals surface area (Å²) in [6.45, 7) is 0. The Kier molecular flexibility index (Phi) is 3.65. The molecule has 97 valence electrons. The molecule has 0 saturated heterocycles. The van der Waals surface area contributed by atoms with E-state index in [0.717, 1.165) is 17.2 Å². The highest BCUT2D eigenvalue weighted by molar-refractivity contribution is 5.36. The van der Waals surface area contributed by atoms with Crippen molar-refractivity contribution in [3.8, 4) is 23.0 Å². The lowest BCUT2D eigenvalue weighted by Gasteiger charge is -2.07. The van der Waals surface area contributed by atoms with Crippen LogP contribution in [0.1, 0.15) is 0 Å². The molecular formula is C18H13O2. The van der Waals surface area contributed by atoms with Crippen LogP contribution in [-0.4, -0.2) is 0 Å². The second-order valence-corrected chi connectivity index (χ2v) is 4.22. The Bertz CT molecular complexity index is 586. The van der Waals surface area contributed by atoms with Crippen molar-refractivity contribution in [3.63, 3.8) is 0 Å². The molecule has 1 radical (unpaired) electrons. The average molecular weight is 261 g/mol. The molecule has 20 heavy (non-hydrogen) atoms. The van der Waals surface area contributed by atoms with Crippen LogP contribution in [0, 0.1) is 6.07 Å². The maximum Gasteiger partial charge on any atom is 0.135 e. The number of para-hydroxylation sites is 2. The van der Waals surface area contributed by atoms with Crippen LogP contribution >= 0.6 is 0 Å². The molecule has 3 aromatic rings. The van der Waals surface area contributed by atoms with E-state index in [2.05, 4.69) is 6.07 Å². The van der Waals surface area contributed by atoms with Crippen LogP contribution in [0.25, 0.3) is 0 Å². The lowest BCUT2D eigenvalue weighted by atomic mass is 10.3. The molecule has 0 aromatic heterocycles. The van der Waals surface area contributed by atoms with E-state index < -0.39 is 0 Å². The van der Waals surface area contributed by atoms with Gasteiger partial charge in [0.15, 0.2) is 0 Å². The summed E-state index contributed by atoms with van der Waals surface area (Å²) in [7, 11) is 0. The summed E-state index contributed by atoms with van der Waals surface area (Å²) in [4.78, 5) is 0. The first-order valence-corrected chi connectivity index (χ1v) is 6.38. The standard InChI is InChI=1S/C18H13O2/c1-3-7-15(8-4-1)19-17-11-13-18(14-12-17)20-16-9-5-2-6-10-16/h1-13H. The molecule has 0 unspecified atom stereocenters. The van der Waals surface area contributed by atoms with Gasteiger partial charge in [-0.2, -0.15) is 0 Å². The predicted octanol–water partition coefficient (Wildman–Crippen LogP) is 5.07. The summed E-state index contributed by atoms with van der Waals surface area (Å²) in [5.74, 6) is 2.99. The minimum Gasteiger partial charge on any atom is -0.457 e. The fourth-order valence-corrected chi connectivity index (χ4v) is 1.76. The zero-order valence-corrected chi connectivity index (χ0v) is 10.8. The summed E-state index contributed by atoms with van der Waals surface area (Å²) >= 11 is 0. The van der Waals surface area contributed by atoms with Crippen LogP contribution < -0.4 is 9.47 Å². The normalized spacial score (nSPS) is 10.0. The Labute approximate surface area is 118 Å². The Morgan fingerprint density at radius 3 is 1.70 bits per heavy atom. The van der Waals surface area contributed by atoms with Crippen molar-refractivity contribution in [1.82, 2.24) is 0 Å². The van der Waals surface area contributed by atoms with Crippen molar-refractivity contribution in [3.05, 3.63) is 84.9 Å². The van der Waals surface area contributed by atoms with Gasteiger partial charge in [0, 0.05) is 6.07 Å². The van der Waals surface area contributed by atoms with Crippen LogP contribution in [0.3, 0.4) is 0 Å². The number of ether oxygens (including phenoxy) is 2. The van der Waals surface area contributed by atoms with E-state index >= 15 is 0 Å². The minimum atomic E-state index is 0.664. The molecular weight excluding hydrogens is 248 g/mol. The summed E-state index contributed by atoms with van der Waals surface area (Å²) < 4.78 is 11.4. The molecule has 0 atom stereocenters. The van der Waals surface area contributed by atoms with E-state index in [9.17, 15) is 0 Å². The van der Waals surface area contributed by atoms with Gasteiger partial charge in [-0.3, -0.25) is 0 Å². The van der Waals surface area contributed by atoms with E-state index in [1.807, 2.05) is 72.8 Å². The molecule has 0 aliphatic carbocycles. The van der Waals surface area contributed by atoms with Crippen LogP contribution in [0.15, 0.2) is 78.9 Å². The minimum absolute atomic E-state index is 0.664. The van der Waals surface area contributed by atoms with Crippen LogP contribution in [-0.2, 0) is 0 Å². The molecule has 0 spiro atoms. The summed E-state index contributed by atoms with van der Waals surface area (Å²) in [5, 5.41) is 0. The average Bonchev–Trinajstić information content (AvgIpc) is 2.51. The Morgan fingerprint density at radius 2 is 1.15 bits per heavy atom. The second kappa shape index (κ2) is 5.93. The van der Waals surface area contributed by atoms with Gasteiger partial charge in [-0.25, -0.2) is 0 Å². The van der Waals surface area contributed by atoms with Crippen molar-refractivity contribution in [2.75, 3.05) is 0 Å². The van der Waals surface area contributed by atoms with Crippen molar-refractivity contribution >= 4 is 0 Å². The lowest BCUT2D eigenvalue weighted by Crippen LogP contribution is -1.86. The number of hydrogen-bond donors (Lipinski definition) is 0. The number of hydrogen-bond acceptors (Lipinski definition) is 2. The molecule has 0 aliphatic heterocycles. The van der Waals surface area contributed by atoms with E-state index in [1.54, 1.807) is 6.07 Å². The molecule has 0 N–H and O–H groups in total. The summed E-state index contributed by atoms with van der Waals surface area (Å²) in [6.07, 6.45) is 0. The van der Waals surface area contributed by atoms with Crippen molar-refractivity contribution in [2.45, 2.75) is 0 Å². The van der Waals surface area contributed by atoms with Gasteiger partial charge in [-0.05, 0) is 42.5 Å². The van der Waals surface area contributed by atoms with Crippen LogP contribution in [0.2, 0.25) is 0 Å². The highest BCUT2D eigenvalue weighted by Crippen LogP contribution is 2.25. The fourth-order valence-electron chi connectivity index (χ4n) is 1.76. The van der Waals surface area contributed by atoms with Crippen LogP contribution in [0.5, 0.6) is 23.0 Å². The van der Waals surface area contributed by atoms with Crippen molar-refractivity contribution in [1.29, 1.82) is 0 Å². The monoisotopic (exact) mass is 261 g/mol. The van der Waals surface area contributed by atoms with Gasteiger partial charge in [0.05, 0.1) is 0 Å². The van der Waals surface area contributed by atoms with E-state index in [-0.39, 0.29) is 0 Å². The topological polar surface area (TPSA) is 18.5 Å². The predicted molar refractivity (Wildman–Crippen MR) is 78.3 cm³/mol. The molecule has 0 saturated carbocycles. The third-order valence-electron chi connectivity index (χ3n) is 2.71. The molecule has 0 aliphatic rings. The first kappa shape index (κ1) is 12.3. The molecule has 0 bridgehead atoms. The quantitative estimate of drug-likeness (QED) is 0.652. The molecule has 3 aromatic carbocycles. The largest absolute Gasteiger partial charge is 0.457 e. The molecule has 2 heteroatoms. The first-order valence-electron chi connectivity index (χ1n) is 6.38. The third-order valence-corrected chi connectivity index (χ3v) is 2.71. The highest BCUT2D eigenvalue weighted by atomic mass is 16.5. The number of benzene rings is 3. The zero-order chi connectivity index (χ0) is 13.6. The van der Waals surface area contributed by atoms with Gasteiger partial charge < -0.3 is 9.47 Å². The molecule has 0 fully saturated rings. The molecule has 3 rings (SSSR count). The Morgan fingerprint density at radius 1 is 0.550 bits per heavy atom. The van der Waals surface area contributed by atoms with Gasteiger partial charge in [0.1, 0.15) is 23.0 Å². The third kappa shape index (κ3) is 3.18. The Balaban J connectivity index is 1.69. The van der Waals surface area contributed by atoms with Crippen LogP contribution in [0.4, 0.5) is 0 Å². The zero-order valence-electron chi connectivity index (χ0n) is 10.8. The molecule has 2 nitrogen and oxygen atoms in total. The van der Waals surface area contributed by atoms with Gasteiger partial charge in [-0.15, -0.1) is 0 Å². The number of rotatable bonds is 4. The van der Waals surface area contributed by atoms with Gasteiger partial charge in [-0.1, -0.05) is 36.4 Å². The van der Waals surface area contributed by atoms with Gasteiger partial charge >= 0.3 is 0 Å². The van der Waals surface area contributed by atoms with Gasteiger partial charge in [0.25, 0.3) is 0 Å². The van der Waals surface area contributed by atoms with E-state index in [0.29, 0.717) is 5.75 Å². The summed E-state index contributed by atoms with van der Waals surface area (Å²) in [6, 6.07) is 27.8. The highest BCUT2D eigenvalue weighted by Gasteiger charge is 1.99. The molecule has 0 amide bonds.